The smallest absolute Gasteiger partial charge is 0.280 e. The van der Waals surface area contributed by atoms with Crippen LogP contribution < -0.4 is 10.2 Å². The van der Waals surface area contributed by atoms with Gasteiger partial charge in [-0.15, -0.1) is 0 Å². The topological polar surface area (TPSA) is 50.7 Å². The lowest BCUT2D eigenvalue weighted by Crippen LogP contribution is -2.33. The molecule has 0 saturated heterocycles. The second-order valence-corrected chi connectivity index (χ2v) is 7.31. The Labute approximate surface area is 158 Å². The Morgan fingerprint density at radius 3 is 2.46 bits per heavy atom. The summed E-state index contributed by atoms with van der Waals surface area (Å²) in [5.41, 5.74) is 3.65. The molecule has 0 bridgehead atoms. The zero-order valence-corrected chi connectivity index (χ0v) is 16.0. The number of ether oxygens (including phenoxy) is 1. The van der Waals surface area contributed by atoms with Crippen LogP contribution in [0.15, 0.2) is 47.6 Å². The van der Waals surface area contributed by atoms with Crippen LogP contribution in [0.3, 0.4) is 0 Å². The van der Waals surface area contributed by atoms with Gasteiger partial charge in [0.2, 0.25) is 0 Å². The normalized spacial score (nSPS) is 12.8. The van der Waals surface area contributed by atoms with Gasteiger partial charge in [-0.1, -0.05) is 50.6 Å². The Morgan fingerprint density at radius 1 is 1.23 bits per heavy atom. The van der Waals surface area contributed by atoms with Crippen molar-refractivity contribution in [2.75, 3.05) is 0 Å². The second-order valence-electron chi connectivity index (χ2n) is 6.90. The highest BCUT2D eigenvalue weighted by Crippen LogP contribution is 2.24. The first-order valence-corrected chi connectivity index (χ1v) is 8.60. The fourth-order valence-electron chi connectivity index (χ4n) is 2.18. The van der Waals surface area contributed by atoms with Gasteiger partial charge in [0.15, 0.2) is 6.10 Å². The van der Waals surface area contributed by atoms with Gasteiger partial charge in [-0.05, 0) is 42.2 Å². The molecule has 4 nitrogen and oxygen atoms in total. The Bertz CT molecular complexity index is 778. The van der Waals surface area contributed by atoms with E-state index in [1.807, 2.05) is 24.3 Å². The molecule has 1 atom stereocenters. The fraction of sp³-hybridized carbons (Fsp3) is 0.300. The highest BCUT2D eigenvalue weighted by atomic mass is 35.5. The molecule has 2 aromatic carbocycles. The van der Waals surface area contributed by atoms with E-state index in [-0.39, 0.29) is 16.0 Å². The molecule has 0 aliphatic heterocycles. The van der Waals surface area contributed by atoms with E-state index in [0.29, 0.717) is 5.75 Å². The second kappa shape index (κ2) is 8.32. The number of hydrogen-bond acceptors (Lipinski definition) is 3. The van der Waals surface area contributed by atoms with Crippen LogP contribution in [-0.2, 0) is 10.2 Å². The van der Waals surface area contributed by atoms with Gasteiger partial charge in [0.05, 0.1) is 11.2 Å². The first-order valence-electron chi connectivity index (χ1n) is 8.22. The summed E-state index contributed by atoms with van der Waals surface area (Å²) in [6.07, 6.45) is 0.407. The average molecular weight is 377 g/mol. The quantitative estimate of drug-likeness (QED) is 0.607. The number of benzene rings is 2. The lowest BCUT2D eigenvalue weighted by atomic mass is 9.87. The molecule has 0 heterocycles. The number of hydrogen-bond donors (Lipinski definition) is 1. The largest absolute Gasteiger partial charge is 0.481 e. The summed E-state index contributed by atoms with van der Waals surface area (Å²) in [7, 11) is 0. The molecular weight excluding hydrogens is 355 g/mol. The van der Waals surface area contributed by atoms with Crippen molar-refractivity contribution >= 4 is 23.7 Å². The van der Waals surface area contributed by atoms with E-state index < -0.39 is 17.8 Å². The number of nitrogens with one attached hydrogen (secondary N) is 1. The average Bonchev–Trinajstić information content (AvgIpc) is 2.57. The van der Waals surface area contributed by atoms with Gasteiger partial charge in [-0.3, -0.25) is 4.79 Å². The van der Waals surface area contributed by atoms with Gasteiger partial charge in [0, 0.05) is 5.56 Å². The number of nitrogens with zero attached hydrogens (tertiary/aromatic N) is 1. The summed E-state index contributed by atoms with van der Waals surface area (Å²) >= 11 is 5.89. The van der Waals surface area contributed by atoms with E-state index in [0.717, 1.165) is 0 Å². The lowest BCUT2D eigenvalue weighted by molar-refractivity contribution is -0.127. The van der Waals surface area contributed by atoms with Crippen LogP contribution >= 0.6 is 11.6 Å². The zero-order chi connectivity index (χ0) is 19.3. The summed E-state index contributed by atoms with van der Waals surface area (Å²) < 4.78 is 19.2. The van der Waals surface area contributed by atoms with E-state index >= 15 is 0 Å². The maximum Gasteiger partial charge on any atom is 0.280 e. The lowest BCUT2D eigenvalue weighted by Gasteiger charge is -2.20. The number of rotatable bonds is 5. The molecule has 1 amide bonds. The molecule has 6 heteroatoms. The van der Waals surface area contributed by atoms with Gasteiger partial charge in [-0.25, -0.2) is 9.82 Å². The maximum atomic E-state index is 13.6. The minimum atomic E-state index is -0.760. The van der Waals surface area contributed by atoms with Crippen molar-refractivity contribution in [2.45, 2.75) is 39.2 Å². The predicted octanol–water partition coefficient (Wildman–Crippen LogP) is 4.69. The standard InChI is InChI=1S/C20H22ClFN2O2/c1-13(26-15-10-8-14(9-11-15)20(2,3)4)19(25)24-23-12-16-17(21)6-5-7-18(16)22/h5-13H,1-4H3,(H,24,25)/b23-12+. The van der Waals surface area contributed by atoms with E-state index in [9.17, 15) is 9.18 Å². The monoisotopic (exact) mass is 376 g/mol. The highest BCUT2D eigenvalue weighted by molar-refractivity contribution is 6.33. The zero-order valence-electron chi connectivity index (χ0n) is 15.2. The molecule has 1 unspecified atom stereocenters. The van der Waals surface area contributed by atoms with Gasteiger partial charge < -0.3 is 4.74 Å². The van der Waals surface area contributed by atoms with Crippen LogP contribution in [0.5, 0.6) is 5.75 Å². The van der Waals surface area contributed by atoms with Crippen LogP contribution in [-0.4, -0.2) is 18.2 Å². The third kappa shape index (κ3) is 5.30. The molecule has 2 rings (SSSR count). The molecule has 0 aliphatic rings. The van der Waals surface area contributed by atoms with Crippen LogP contribution in [0.4, 0.5) is 4.39 Å². The van der Waals surface area contributed by atoms with Crippen molar-refractivity contribution in [2.24, 2.45) is 5.10 Å². The summed E-state index contributed by atoms with van der Waals surface area (Å²) in [4.78, 5) is 12.1. The molecule has 138 valence electrons. The van der Waals surface area contributed by atoms with Crippen molar-refractivity contribution in [1.82, 2.24) is 5.43 Å². The Hall–Kier alpha value is -2.40. The van der Waals surface area contributed by atoms with Gasteiger partial charge in [-0.2, -0.15) is 5.10 Å². The van der Waals surface area contributed by atoms with E-state index in [2.05, 4.69) is 31.3 Å². The molecule has 0 spiro atoms. The Balaban J connectivity index is 1.94. The van der Waals surface area contributed by atoms with Gasteiger partial charge in [0.25, 0.3) is 5.91 Å². The van der Waals surface area contributed by atoms with E-state index in [1.165, 1.54) is 23.9 Å². The van der Waals surface area contributed by atoms with Crippen molar-refractivity contribution in [3.05, 3.63) is 64.4 Å². The first-order chi connectivity index (χ1) is 12.2. The summed E-state index contributed by atoms with van der Waals surface area (Å²) in [6.45, 7) is 7.98. The van der Waals surface area contributed by atoms with Crippen molar-refractivity contribution in [1.29, 1.82) is 0 Å². The minimum absolute atomic E-state index is 0.0459. The molecule has 0 saturated carbocycles. The number of carbonyl (C=O) groups is 1. The minimum Gasteiger partial charge on any atom is -0.481 e. The van der Waals surface area contributed by atoms with Crippen molar-refractivity contribution in [3.63, 3.8) is 0 Å². The SMILES string of the molecule is CC(Oc1ccc(C(C)(C)C)cc1)C(=O)N/N=C/c1c(F)cccc1Cl. The number of carbonyl (C=O) groups excluding carboxylic acids is 1. The van der Waals surface area contributed by atoms with Gasteiger partial charge in [0.1, 0.15) is 11.6 Å². The van der Waals surface area contributed by atoms with Crippen molar-refractivity contribution in [3.8, 4) is 5.75 Å². The fourth-order valence-corrected chi connectivity index (χ4v) is 2.39. The molecule has 0 aromatic heterocycles. The third-order valence-electron chi connectivity index (χ3n) is 3.77. The van der Waals surface area contributed by atoms with Crippen LogP contribution in [0, 0.1) is 5.82 Å². The van der Waals surface area contributed by atoms with Crippen molar-refractivity contribution < 1.29 is 13.9 Å². The summed E-state index contributed by atoms with van der Waals surface area (Å²) in [5, 5.41) is 3.96. The Kier molecular flexibility index (Phi) is 6.37. The predicted molar refractivity (Wildman–Crippen MR) is 102 cm³/mol. The number of halogens is 2. The molecule has 0 fully saturated rings. The summed E-state index contributed by atoms with van der Waals surface area (Å²) in [6, 6.07) is 11.9. The molecule has 1 N–H and O–H groups in total. The first kappa shape index (κ1) is 19.9. The molecule has 0 radical (unpaired) electrons. The maximum absolute atomic E-state index is 13.6. The van der Waals surface area contributed by atoms with Gasteiger partial charge >= 0.3 is 0 Å². The molecular formula is C20H22ClFN2O2. The number of hydrazone groups is 1. The third-order valence-corrected chi connectivity index (χ3v) is 4.10. The van der Waals surface area contributed by atoms with E-state index in [1.54, 1.807) is 13.0 Å². The van der Waals surface area contributed by atoms with Crippen LogP contribution in [0.1, 0.15) is 38.8 Å². The molecule has 2 aromatic rings. The highest BCUT2D eigenvalue weighted by Gasteiger charge is 2.16. The van der Waals surface area contributed by atoms with Crippen LogP contribution in [0.25, 0.3) is 0 Å². The van der Waals surface area contributed by atoms with E-state index in [4.69, 9.17) is 16.3 Å². The number of amides is 1. The van der Waals surface area contributed by atoms with Crippen LogP contribution in [0.2, 0.25) is 5.02 Å². The Morgan fingerprint density at radius 2 is 1.88 bits per heavy atom. The summed E-state index contributed by atoms with van der Waals surface area (Å²) in [5.74, 6) is -0.380. The molecule has 0 aliphatic carbocycles. The molecule has 26 heavy (non-hydrogen) atoms.